The maximum Gasteiger partial charge on any atom is 0.204 e. The van der Waals surface area contributed by atoms with Gasteiger partial charge < -0.3 is 28.4 Å². The second-order valence-electron chi connectivity index (χ2n) is 7.39. The third kappa shape index (κ3) is 5.48. The fourth-order valence-corrected chi connectivity index (χ4v) is 4.22. The maximum absolute atomic E-state index is 5.71. The molecule has 0 aromatic heterocycles. The Morgan fingerprint density at radius 2 is 1.44 bits per heavy atom. The molecule has 0 saturated heterocycles. The fraction of sp³-hybridized carbons (Fsp3) is 0.259. The third-order valence-electron chi connectivity index (χ3n) is 5.25. The van der Waals surface area contributed by atoms with E-state index in [4.69, 9.17) is 28.4 Å². The standard InChI is InChI=1S/C27H29BrO6/c1-17-7-10-19(11-8-17)20(13-18-9-12-22(30-3)23(14-18)34-16-29-2)21-15-24(31-4)26(32-5)27(33-6)25(21)28/h7-15H,16H2,1-6H3/b20-13-. The molecule has 34 heavy (non-hydrogen) atoms. The fourth-order valence-electron chi connectivity index (χ4n) is 3.55. The molecular formula is C27H29BrO6. The molecule has 0 unspecified atom stereocenters. The van der Waals surface area contributed by atoms with Crippen LogP contribution in [0.5, 0.6) is 28.7 Å². The van der Waals surface area contributed by atoms with Gasteiger partial charge in [-0.25, -0.2) is 0 Å². The van der Waals surface area contributed by atoms with Gasteiger partial charge in [-0.2, -0.15) is 0 Å². The summed E-state index contributed by atoms with van der Waals surface area (Å²) in [6.45, 7) is 2.18. The zero-order valence-electron chi connectivity index (χ0n) is 20.2. The van der Waals surface area contributed by atoms with E-state index in [0.717, 1.165) is 26.7 Å². The summed E-state index contributed by atoms with van der Waals surface area (Å²) in [5.74, 6) is 2.84. The van der Waals surface area contributed by atoms with Gasteiger partial charge in [0.05, 0.1) is 32.9 Å². The summed E-state index contributed by atoms with van der Waals surface area (Å²) in [6.07, 6.45) is 2.08. The van der Waals surface area contributed by atoms with Gasteiger partial charge in [-0.1, -0.05) is 35.9 Å². The number of methoxy groups -OCH3 is 5. The molecule has 0 aliphatic carbocycles. The summed E-state index contributed by atoms with van der Waals surface area (Å²) in [5.41, 5.74) is 4.95. The average molecular weight is 529 g/mol. The normalized spacial score (nSPS) is 11.2. The van der Waals surface area contributed by atoms with Crippen molar-refractivity contribution in [2.24, 2.45) is 0 Å². The Labute approximate surface area is 209 Å². The molecule has 0 fully saturated rings. The molecule has 0 amide bonds. The lowest BCUT2D eigenvalue weighted by molar-refractivity contribution is 0.0491. The van der Waals surface area contributed by atoms with Gasteiger partial charge in [-0.05, 0) is 63.8 Å². The first-order valence-electron chi connectivity index (χ1n) is 10.5. The van der Waals surface area contributed by atoms with E-state index in [1.54, 1.807) is 35.5 Å². The van der Waals surface area contributed by atoms with Crippen LogP contribution in [0.15, 0.2) is 53.0 Å². The topological polar surface area (TPSA) is 55.4 Å². The van der Waals surface area contributed by atoms with Crippen molar-refractivity contribution in [1.29, 1.82) is 0 Å². The number of hydrogen-bond donors (Lipinski definition) is 0. The lowest BCUT2D eigenvalue weighted by atomic mass is 9.94. The Morgan fingerprint density at radius 3 is 2.03 bits per heavy atom. The van der Waals surface area contributed by atoms with E-state index in [-0.39, 0.29) is 6.79 Å². The Hall–Kier alpha value is -3.16. The average Bonchev–Trinajstić information content (AvgIpc) is 2.86. The van der Waals surface area contributed by atoms with Crippen LogP contribution in [-0.4, -0.2) is 42.3 Å². The molecule has 0 aliphatic rings. The van der Waals surface area contributed by atoms with Crippen molar-refractivity contribution >= 4 is 27.6 Å². The number of aryl methyl sites for hydroxylation is 1. The molecular weight excluding hydrogens is 500 g/mol. The maximum atomic E-state index is 5.71. The summed E-state index contributed by atoms with van der Waals surface area (Å²) in [5, 5.41) is 0. The second kappa shape index (κ2) is 11.8. The molecule has 3 aromatic rings. The highest BCUT2D eigenvalue weighted by Crippen LogP contribution is 2.48. The van der Waals surface area contributed by atoms with Crippen LogP contribution in [0.4, 0.5) is 0 Å². The molecule has 3 rings (SSSR count). The van der Waals surface area contributed by atoms with Crippen LogP contribution in [0.3, 0.4) is 0 Å². The van der Waals surface area contributed by atoms with Gasteiger partial charge in [0.1, 0.15) is 0 Å². The predicted molar refractivity (Wildman–Crippen MR) is 137 cm³/mol. The van der Waals surface area contributed by atoms with Crippen LogP contribution < -0.4 is 23.7 Å². The van der Waals surface area contributed by atoms with Crippen molar-refractivity contribution in [2.75, 3.05) is 42.3 Å². The second-order valence-corrected chi connectivity index (χ2v) is 8.19. The van der Waals surface area contributed by atoms with E-state index < -0.39 is 0 Å². The Balaban J connectivity index is 2.26. The van der Waals surface area contributed by atoms with Crippen LogP contribution in [0.2, 0.25) is 0 Å². The zero-order valence-corrected chi connectivity index (χ0v) is 21.8. The van der Waals surface area contributed by atoms with Gasteiger partial charge in [0, 0.05) is 12.7 Å². The van der Waals surface area contributed by atoms with Crippen LogP contribution >= 0.6 is 15.9 Å². The molecule has 0 radical (unpaired) electrons. The summed E-state index contributed by atoms with van der Waals surface area (Å²) in [7, 11) is 7.97. The van der Waals surface area contributed by atoms with E-state index in [1.165, 1.54) is 5.56 Å². The van der Waals surface area contributed by atoms with Crippen molar-refractivity contribution in [3.63, 3.8) is 0 Å². The van der Waals surface area contributed by atoms with Gasteiger partial charge in [0.25, 0.3) is 0 Å². The zero-order chi connectivity index (χ0) is 24.7. The number of hydrogen-bond acceptors (Lipinski definition) is 6. The molecule has 0 N–H and O–H groups in total. The highest BCUT2D eigenvalue weighted by atomic mass is 79.9. The van der Waals surface area contributed by atoms with Crippen LogP contribution in [0.1, 0.15) is 22.3 Å². The monoisotopic (exact) mass is 528 g/mol. The van der Waals surface area contributed by atoms with E-state index in [1.807, 2.05) is 24.3 Å². The lowest BCUT2D eigenvalue weighted by Crippen LogP contribution is -2.01. The minimum Gasteiger partial charge on any atom is -0.493 e. The van der Waals surface area contributed by atoms with Crippen molar-refractivity contribution in [3.05, 3.63) is 75.3 Å². The van der Waals surface area contributed by atoms with Crippen molar-refractivity contribution < 1.29 is 28.4 Å². The number of rotatable bonds is 10. The predicted octanol–water partition coefficient (Wildman–Crippen LogP) is 6.36. The quantitative estimate of drug-likeness (QED) is 0.225. The van der Waals surface area contributed by atoms with Crippen molar-refractivity contribution in [1.82, 2.24) is 0 Å². The van der Waals surface area contributed by atoms with Gasteiger partial charge in [-0.3, -0.25) is 0 Å². The molecule has 0 atom stereocenters. The minimum atomic E-state index is 0.118. The molecule has 0 bridgehead atoms. The summed E-state index contributed by atoms with van der Waals surface area (Å²) in [6, 6.07) is 16.0. The third-order valence-corrected chi connectivity index (χ3v) is 6.04. The summed E-state index contributed by atoms with van der Waals surface area (Å²) < 4.78 is 33.8. The van der Waals surface area contributed by atoms with Gasteiger partial charge in [0.15, 0.2) is 29.8 Å². The van der Waals surface area contributed by atoms with Crippen LogP contribution in [-0.2, 0) is 4.74 Å². The Bertz CT molecular complexity index is 1150. The first-order valence-corrected chi connectivity index (χ1v) is 11.3. The molecule has 0 aliphatic heterocycles. The summed E-state index contributed by atoms with van der Waals surface area (Å²) >= 11 is 3.73. The molecule has 180 valence electrons. The molecule has 6 nitrogen and oxygen atoms in total. The van der Waals surface area contributed by atoms with Crippen LogP contribution in [0.25, 0.3) is 11.6 Å². The van der Waals surface area contributed by atoms with Gasteiger partial charge in [-0.15, -0.1) is 0 Å². The highest BCUT2D eigenvalue weighted by molar-refractivity contribution is 9.10. The SMILES string of the molecule is COCOc1cc(/C=C(/c2ccc(C)cc2)c2cc(OC)c(OC)c(OC)c2Br)ccc1OC. The molecule has 0 saturated carbocycles. The van der Waals surface area contributed by atoms with E-state index in [0.29, 0.717) is 28.7 Å². The van der Waals surface area contributed by atoms with Crippen molar-refractivity contribution in [2.45, 2.75) is 6.92 Å². The Kier molecular flexibility index (Phi) is 8.85. The smallest absolute Gasteiger partial charge is 0.204 e. The van der Waals surface area contributed by atoms with Gasteiger partial charge in [0.2, 0.25) is 5.75 Å². The minimum absolute atomic E-state index is 0.118. The largest absolute Gasteiger partial charge is 0.493 e. The number of halogens is 1. The van der Waals surface area contributed by atoms with Gasteiger partial charge >= 0.3 is 0 Å². The van der Waals surface area contributed by atoms with E-state index >= 15 is 0 Å². The number of ether oxygens (including phenoxy) is 6. The summed E-state index contributed by atoms with van der Waals surface area (Å²) in [4.78, 5) is 0. The Morgan fingerprint density at radius 1 is 0.765 bits per heavy atom. The first-order chi connectivity index (χ1) is 16.5. The van der Waals surface area contributed by atoms with Crippen LogP contribution in [0, 0.1) is 6.92 Å². The first kappa shape index (κ1) is 25.5. The highest BCUT2D eigenvalue weighted by Gasteiger charge is 2.22. The van der Waals surface area contributed by atoms with E-state index in [9.17, 15) is 0 Å². The molecule has 3 aromatic carbocycles. The van der Waals surface area contributed by atoms with E-state index in [2.05, 4.69) is 53.2 Å². The lowest BCUT2D eigenvalue weighted by Gasteiger charge is -2.19. The van der Waals surface area contributed by atoms with Crippen molar-refractivity contribution in [3.8, 4) is 28.7 Å². The molecule has 7 heteroatoms. The molecule has 0 heterocycles. The molecule has 0 spiro atoms. The number of benzene rings is 3.